The first-order valence-electron chi connectivity index (χ1n) is 7.05. The van der Waals surface area contributed by atoms with E-state index in [1.807, 2.05) is 13.1 Å². The molecule has 2 amide bonds. The molecule has 6 heteroatoms. The second-order valence-electron chi connectivity index (χ2n) is 5.23. The molecule has 6 nitrogen and oxygen atoms in total. The van der Waals surface area contributed by atoms with Crippen LogP contribution in [0.1, 0.15) is 0 Å². The van der Waals surface area contributed by atoms with E-state index in [0.29, 0.717) is 25.4 Å². The zero-order valence-electron chi connectivity index (χ0n) is 12.2. The number of amides is 2. The van der Waals surface area contributed by atoms with Gasteiger partial charge in [-0.2, -0.15) is 0 Å². The third-order valence-electron chi connectivity index (χ3n) is 3.33. The summed E-state index contributed by atoms with van der Waals surface area (Å²) in [7, 11) is 2.02. The van der Waals surface area contributed by atoms with Crippen LogP contribution in [0.5, 0.6) is 0 Å². The summed E-state index contributed by atoms with van der Waals surface area (Å²) in [5.41, 5.74) is 0.607. The maximum Gasteiger partial charge on any atom is 0.313 e. The number of carbonyl (C=O) groups is 2. The Bertz CT molecular complexity index is 478. The predicted molar refractivity (Wildman–Crippen MR) is 79.9 cm³/mol. The number of hydrogen-bond donors (Lipinski definition) is 2. The van der Waals surface area contributed by atoms with E-state index in [0.717, 1.165) is 13.1 Å². The largest absolute Gasteiger partial charge is 0.380 e. The van der Waals surface area contributed by atoms with E-state index in [1.165, 1.54) is 0 Å². The van der Waals surface area contributed by atoms with Crippen LogP contribution in [0.25, 0.3) is 0 Å². The van der Waals surface area contributed by atoms with Crippen LogP contribution in [0, 0.1) is 5.92 Å². The molecule has 0 saturated carbocycles. The lowest BCUT2D eigenvalue weighted by Gasteiger charge is -2.19. The number of carbonyl (C=O) groups excluding carboxylic acids is 2. The Balaban J connectivity index is 1.77. The second-order valence-corrected chi connectivity index (χ2v) is 5.23. The van der Waals surface area contributed by atoms with E-state index in [9.17, 15) is 9.59 Å². The monoisotopic (exact) mass is 291 g/mol. The van der Waals surface area contributed by atoms with E-state index in [-0.39, 0.29) is 5.92 Å². The van der Waals surface area contributed by atoms with Crippen LogP contribution >= 0.6 is 0 Å². The first-order valence-corrected chi connectivity index (χ1v) is 7.05. The third kappa shape index (κ3) is 5.17. The molecule has 0 unspecified atom stereocenters. The van der Waals surface area contributed by atoms with Crippen molar-refractivity contribution in [3.63, 3.8) is 0 Å². The molecule has 1 atom stereocenters. The van der Waals surface area contributed by atoms with Crippen molar-refractivity contribution in [1.82, 2.24) is 10.2 Å². The van der Waals surface area contributed by atoms with Gasteiger partial charge in [-0.1, -0.05) is 18.2 Å². The van der Waals surface area contributed by atoms with Gasteiger partial charge in [-0.15, -0.1) is 0 Å². The Morgan fingerprint density at radius 1 is 1.29 bits per heavy atom. The molecule has 0 spiro atoms. The SMILES string of the molecule is CN1CCOC[C@H](CNC(=O)C(=O)Nc2ccccc2)C1. The number of likely N-dealkylation sites (N-methyl/N-ethyl adjacent to an activating group) is 1. The average Bonchev–Trinajstić information content (AvgIpc) is 2.70. The minimum atomic E-state index is -0.649. The molecule has 21 heavy (non-hydrogen) atoms. The predicted octanol–water partition coefficient (Wildman–Crippen LogP) is 0.320. The second kappa shape index (κ2) is 7.75. The lowest BCUT2D eigenvalue weighted by atomic mass is 10.1. The summed E-state index contributed by atoms with van der Waals surface area (Å²) in [4.78, 5) is 25.7. The number of benzene rings is 1. The molecule has 0 aliphatic carbocycles. The fourth-order valence-corrected chi connectivity index (χ4v) is 2.21. The summed E-state index contributed by atoms with van der Waals surface area (Å²) >= 11 is 0. The molecule has 114 valence electrons. The summed E-state index contributed by atoms with van der Waals surface area (Å²) in [6, 6.07) is 8.91. The van der Waals surface area contributed by atoms with Crippen LogP contribution in [0.2, 0.25) is 0 Å². The maximum absolute atomic E-state index is 11.8. The van der Waals surface area contributed by atoms with Gasteiger partial charge < -0.3 is 20.3 Å². The Labute approximate surface area is 124 Å². The number of hydrogen-bond acceptors (Lipinski definition) is 4. The number of ether oxygens (including phenoxy) is 1. The van der Waals surface area contributed by atoms with Gasteiger partial charge in [-0.25, -0.2) is 0 Å². The van der Waals surface area contributed by atoms with E-state index in [4.69, 9.17) is 4.74 Å². The molecule has 0 bridgehead atoms. The van der Waals surface area contributed by atoms with Crippen molar-refractivity contribution in [2.45, 2.75) is 0 Å². The number of nitrogens with zero attached hydrogens (tertiary/aromatic N) is 1. The van der Waals surface area contributed by atoms with Crippen molar-refractivity contribution in [1.29, 1.82) is 0 Å². The number of rotatable bonds is 3. The summed E-state index contributed by atoms with van der Waals surface area (Å²) in [6.07, 6.45) is 0. The van der Waals surface area contributed by atoms with E-state index < -0.39 is 11.8 Å². The fourth-order valence-electron chi connectivity index (χ4n) is 2.21. The van der Waals surface area contributed by atoms with Gasteiger partial charge in [0.15, 0.2) is 0 Å². The quantitative estimate of drug-likeness (QED) is 0.787. The standard InChI is InChI=1S/C15H21N3O3/c1-18-7-8-21-11-12(10-18)9-16-14(19)15(20)17-13-5-3-2-4-6-13/h2-6,12H,7-11H2,1H3,(H,16,19)(H,17,20)/t12-/m1/s1. The van der Waals surface area contributed by atoms with Crippen LogP contribution in [-0.4, -0.2) is 56.6 Å². The molecular weight excluding hydrogens is 270 g/mol. The van der Waals surface area contributed by atoms with E-state index in [2.05, 4.69) is 15.5 Å². The van der Waals surface area contributed by atoms with Crippen LogP contribution < -0.4 is 10.6 Å². The van der Waals surface area contributed by atoms with Crippen molar-refractivity contribution >= 4 is 17.5 Å². The zero-order chi connectivity index (χ0) is 15.1. The Morgan fingerprint density at radius 3 is 2.81 bits per heavy atom. The first kappa shape index (κ1) is 15.5. The van der Waals surface area contributed by atoms with Gasteiger partial charge in [0.25, 0.3) is 0 Å². The highest BCUT2D eigenvalue weighted by atomic mass is 16.5. The van der Waals surface area contributed by atoms with E-state index in [1.54, 1.807) is 24.3 Å². The van der Waals surface area contributed by atoms with Crippen molar-refractivity contribution < 1.29 is 14.3 Å². The van der Waals surface area contributed by atoms with Crippen LogP contribution in [0.15, 0.2) is 30.3 Å². The molecule has 1 aromatic carbocycles. The Morgan fingerprint density at radius 2 is 2.05 bits per heavy atom. The fraction of sp³-hybridized carbons (Fsp3) is 0.467. The molecule has 1 aliphatic rings. The summed E-state index contributed by atoms with van der Waals surface area (Å²) in [6.45, 7) is 3.48. The van der Waals surface area contributed by atoms with Crippen LogP contribution in [-0.2, 0) is 14.3 Å². The van der Waals surface area contributed by atoms with Gasteiger partial charge in [0, 0.05) is 31.2 Å². The summed E-state index contributed by atoms with van der Waals surface area (Å²) < 4.78 is 5.47. The highest BCUT2D eigenvalue weighted by molar-refractivity contribution is 6.39. The van der Waals surface area contributed by atoms with Crippen LogP contribution in [0.3, 0.4) is 0 Å². The minimum absolute atomic E-state index is 0.200. The topological polar surface area (TPSA) is 70.7 Å². The van der Waals surface area contributed by atoms with Gasteiger partial charge in [-0.05, 0) is 19.2 Å². The average molecular weight is 291 g/mol. The normalized spacial score (nSPS) is 19.6. The molecule has 1 saturated heterocycles. The van der Waals surface area contributed by atoms with Gasteiger partial charge in [0.1, 0.15) is 0 Å². The number of anilines is 1. The summed E-state index contributed by atoms with van der Waals surface area (Å²) in [5, 5.41) is 5.22. The molecule has 1 heterocycles. The Kier molecular flexibility index (Phi) is 5.71. The molecule has 1 fully saturated rings. The van der Waals surface area contributed by atoms with Gasteiger partial charge >= 0.3 is 11.8 Å². The lowest BCUT2D eigenvalue weighted by molar-refractivity contribution is -0.136. The molecular formula is C15H21N3O3. The minimum Gasteiger partial charge on any atom is -0.380 e. The van der Waals surface area contributed by atoms with E-state index >= 15 is 0 Å². The molecule has 1 aromatic rings. The van der Waals surface area contributed by atoms with Crippen LogP contribution in [0.4, 0.5) is 5.69 Å². The number of para-hydroxylation sites is 1. The maximum atomic E-state index is 11.8. The molecule has 2 rings (SSSR count). The van der Waals surface area contributed by atoms with Gasteiger partial charge in [-0.3, -0.25) is 9.59 Å². The zero-order valence-corrected chi connectivity index (χ0v) is 12.2. The smallest absolute Gasteiger partial charge is 0.313 e. The molecule has 0 radical (unpaired) electrons. The van der Waals surface area contributed by atoms with Crippen molar-refractivity contribution in [2.24, 2.45) is 5.92 Å². The molecule has 1 aliphatic heterocycles. The Hall–Kier alpha value is -1.92. The summed E-state index contributed by atoms with van der Waals surface area (Å²) in [5.74, 6) is -1.07. The first-order chi connectivity index (χ1) is 10.1. The molecule has 0 aromatic heterocycles. The van der Waals surface area contributed by atoms with Crippen molar-refractivity contribution in [3.05, 3.63) is 30.3 Å². The van der Waals surface area contributed by atoms with Crippen molar-refractivity contribution in [2.75, 3.05) is 45.2 Å². The highest BCUT2D eigenvalue weighted by Crippen LogP contribution is 2.05. The lowest BCUT2D eigenvalue weighted by Crippen LogP contribution is -2.40. The van der Waals surface area contributed by atoms with Gasteiger partial charge in [0.2, 0.25) is 0 Å². The third-order valence-corrected chi connectivity index (χ3v) is 3.33. The number of nitrogens with one attached hydrogen (secondary N) is 2. The van der Waals surface area contributed by atoms with Crippen molar-refractivity contribution in [3.8, 4) is 0 Å². The molecule has 2 N–H and O–H groups in total. The van der Waals surface area contributed by atoms with Gasteiger partial charge in [0.05, 0.1) is 13.2 Å². The highest BCUT2D eigenvalue weighted by Gasteiger charge is 2.19.